The molecule has 2 nitrogen and oxygen atoms in total. The number of hydrogen-bond donors (Lipinski definition) is 1. The van der Waals surface area contributed by atoms with Crippen LogP contribution in [0.2, 0.25) is 0 Å². The molecule has 21 heavy (non-hydrogen) atoms. The molecule has 0 spiro atoms. The Morgan fingerprint density at radius 3 is 2.76 bits per heavy atom. The quantitative estimate of drug-likeness (QED) is 0.923. The Morgan fingerprint density at radius 1 is 1.19 bits per heavy atom. The van der Waals surface area contributed by atoms with E-state index in [0.29, 0.717) is 5.56 Å². The summed E-state index contributed by atoms with van der Waals surface area (Å²) < 4.78 is 19.9. The Morgan fingerprint density at radius 2 is 1.95 bits per heavy atom. The van der Waals surface area contributed by atoms with Crippen molar-refractivity contribution in [2.24, 2.45) is 0 Å². The van der Waals surface area contributed by atoms with Crippen molar-refractivity contribution < 1.29 is 9.13 Å². The molecule has 0 saturated heterocycles. The van der Waals surface area contributed by atoms with Crippen LogP contribution < -0.4 is 5.32 Å². The fraction of sp³-hybridized carbons (Fsp3) is 0.333. The van der Waals surface area contributed by atoms with Gasteiger partial charge in [0.15, 0.2) is 0 Å². The maximum absolute atomic E-state index is 14.0. The van der Waals surface area contributed by atoms with Crippen LogP contribution in [0.5, 0.6) is 0 Å². The third-order valence-corrected chi connectivity index (χ3v) is 4.17. The molecule has 2 aromatic carbocycles. The van der Waals surface area contributed by atoms with Crippen molar-refractivity contribution in [2.75, 3.05) is 13.7 Å². The number of fused-ring (bicyclic) bond motifs is 1. The zero-order chi connectivity index (χ0) is 14.7. The second-order valence-electron chi connectivity index (χ2n) is 5.41. The summed E-state index contributed by atoms with van der Waals surface area (Å²) in [7, 11) is 1.87. The molecule has 1 aliphatic heterocycles. The van der Waals surface area contributed by atoms with Crippen molar-refractivity contribution in [3.05, 3.63) is 71.0 Å². The molecular weight excluding hydrogens is 265 g/mol. The molecule has 3 rings (SSSR count). The SMILES string of the molecule is CNC(CC1OCCc2ccccc21)c1ccccc1F. The van der Waals surface area contributed by atoms with Gasteiger partial charge < -0.3 is 10.1 Å². The number of rotatable bonds is 4. The van der Waals surface area contributed by atoms with Gasteiger partial charge in [-0.05, 0) is 37.1 Å². The average Bonchev–Trinajstić information content (AvgIpc) is 2.53. The number of nitrogens with one attached hydrogen (secondary N) is 1. The smallest absolute Gasteiger partial charge is 0.127 e. The Labute approximate surface area is 125 Å². The van der Waals surface area contributed by atoms with Crippen molar-refractivity contribution in [1.82, 2.24) is 5.32 Å². The van der Waals surface area contributed by atoms with Gasteiger partial charge in [0.1, 0.15) is 5.82 Å². The lowest BCUT2D eigenvalue weighted by Gasteiger charge is -2.29. The van der Waals surface area contributed by atoms with Crippen LogP contribution in [0.15, 0.2) is 48.5 Å². The predicted molar refractivity (Wildman–Crippen MR) is 81.7 cm³/mol. The van der Waals surface area contributed by atoms with Gasteiger partial charge in [0.05, 0.1) is 12.7 Å². The first-order valence-corrected chi connectivity index (χ1v) is 7.40. The summed E-state index contributed by atoms with van der Waals surface area (Å²) in [6.45, 7) is 0.732. The van der Waals surface area contributed by atoms with Crippen LogP contribution in [0, 0.1) is 5.82 Å². The second kappa shape index (κ2) is 6.37. The van der Waals surface area contributed by atoms with Crippen LogP contribution in [0.3, 0.4) is 0 Å². The van der Waals surface area contributed by atoms with E-state index in [-0.39, 0.29) is 18.0 Å². The highest BCUT2D eigenvalue weighted by Gasteiger charge is 2.25. The van der Waals surface area contributed by atoms with Crippen molar-refractivity contribution >= 4 is 0 Å². The molecule has 1 N–H and O–H groups in total. The topological polar surface area (TPSA) is 21.3 Å². The second-order valence-corrected chi connectivity index (χ2v) is 5.41. The van der Waals surface area contributed by atoms with E-state index in [0.717, 1.165) is 19.4 Å². The van der Waals surface area contributed by atoms with E-state index in [9.17, 15) is 4.39 Å². The van der Waals surface area contributed by atoms with Crippen molar-refractivity contribution in [2.45, 2.75) is 25.0 Å². The Hall–Kier alpha value is -1.71. The Kier molecular flexibility index (Phi) is 4.32. The molecule has 0 bridgehead atoms. The van der Waals surface area contributed by atoms with Crippen LogP contribution >= 0.6 is 0 Å². The van der Waals surface area contributed by atoms with Crippen LogP contribution in [-0.2, 0) is 11.2 Å². The van der Waals surface area contributed by atoms with E-state index < -0.39 is 0 Å². The first-order valence-electron chi connectivity index (χ1n) is 7.40. The summed E-state index contributed by atoms with van der Waals surface area (Å²) in [5.74, 6) is -0.166. The lowest BCUT2D eigenvalue weighted by molar-refractivity contribution is 0.0296. The van der Waals surface area contributed by atoms with E-state index in [1.807, 2.05) is 25.2 Å². The summed E-state index contributed by atoms with van der Waals surface area (Å²) in [5, 5.41) is 3.22. The van der Waals surface area contributed by atoms with E-state index >= 15 is 0 Å². The molecule has 2 unspecified atom stereocenters. The van der Waals surface area contributed by atoms with Crippen LogP contribution in [-0.4, -0.2) is 13.7 Å². The molecule has 0 saturated carbocycles. The molecular formula is C18H20FNO. The van der Waals surface area contributed by atoms with Crippen molar-refractivity contribution in [3.63, 3.8) is 0 Å². The zero-order valence-electron chi connectivity index (χ0n) is 12.2. The number of ether oxygens (including phenoxy) is 1. The highest BCUT2D eigenvalue weighted by Crippen LogP contribution is 2.34. The third-order valence-electron chi connectivity index (χ3n) is 4.17. The third kappa shape index (κ3) is 2.99. The Balaban J connectivity index is 1.84. The maximum Gasteiger partial charge on any atom is 0.127 e. The largest absolute Gasteiger partial charge is 0.373 e. The van der Waals surface area contributed by atoms with Gasteiger partial charge in [-0.15, -0.1) is 0 Å². The van der Waals surface area contributed by atoms with Gasteiger partial charge in [0, 0.05) is 11.6 Å². The number of halogens is 1. The summed E-state index contributed by atoms with van der Waals surface area (Å²) >= 11 is 0. The van der Waals surface area contributed by atoms with Crippen LogP contribution in [0.1, 0.15) is 35.3 Å². The normalized spacial score (nSPS) is 19.0. The molecule has 0 fully saturated rings. The van der Waals surface area contributed by atoms with Gasteiger partial charge in [0.2, 0.25) is 0 Å². The minimum Gasteiger partial charge on any atom is -0.373 e. The molecule has 0 amide bonds. The summed E-state index contributed by atoms with van der Waals surface area (Å²) in [6, 6.07) is 15.3. The van der Waals surface area contributed by atoms with E-state index in [1.54, 1.807) is 6.07 Å². The van der Waals surface area contributed by atoms with E-state index in [1.165, 1.54) is 17.2 Å². The summed E-state index contributed by atoms with van der Waals surface area (Å²) in [5.41, 5.74) is 3.28. The van der Waals surface area contributed by atoms with Gasteiger partial charge in [-0.25, -0.2) is 4.39 Å². The minimum atomic E-state index is -0.166. The van der Waals surface area contributed by atoms with Crippen molar-refractivity contribution in [3.8, 4) is 0 Å². The minimum absolute atomic E-state index is 0.0204. The molecule has 0 aromatic heterocycles. The van der Waals surface area contributed by atoms with Gasteiger partial charge in [0.25, 0.3) is 0 Å². The molecule has 2 aromatic rings. The fourth-order valence-electron chi connectivity index (χ4n) is 3.04. The van der Waals surface area contributed by atoms with E-state index in [2.05, 4.69) is 23.5 Å². The van der Waals surface area contributed by atoms with E-state index in [4.69, 9.17) is 4.74 Å². The highest BCUT2D eigenvalue weighted by molar-refractivity contribution is 5.31. The Bertz CT molecular complexity index is 614. The lowest BCUT2D eigenvalue weighted by atomic mass is 9.91. The molecule has 3 heteroatoms. The molecule has 0 radical (unpaired) electrons. The summed E-state index contributed by atoms with van der Waals surface area (Å²) in [6.07, 6.45) is 1.71. The lowest BCUT2D eigenvalue weighted by Crippen LogP contribution is -2.24. The maximum atomic E-state index is 14.0. The fourth-order valence-corrected chi connectivity index (χ4v) is 3.04. The van der Waals surface area contributed by atoms with Gasteiger partial charge in [-0.3, -0.25) is 0 Å². The molecule has 1 aliphatic rings. The monoisotopic (exact) mass is 285 g/mol. The molecule has 0 aliphatic carbocycles. The number of benzene rings is 2. The van der Waals surface area contributed by atoms with Gasteiger partial charge in [-0.1, -0.05) is 42.5 Å². The molecule has 1 heterocycles. The van der Waals surface area contributed by atoms with Crippen LogP contribution in [0.4, 0.5) is 4.39 Å². The highest BCUT2D eigenvalue weighted by atomic mass is 19.1. The van der Waals surface area contributed by atoms with Crippen LogP contribution in [0.25, 0.3) is 0 Å². The molecule has 110 valence electrons. The number of hydrogen-bond acceptors (Lipinski definition) is 2. The van der Waals surface area contributed by atoms with Crippen molar-refractivity contribution in [1.29, 1.82) is 0 Å². The predicted octanol–water partition coefficient (Wildman–Crippen LogP) is 3.79. The molecule has 2 atom stereocenters. The standard InChI is InChI=1S/C18H20FNO/c1-20-17(15-8-4-5-9-16(15)19)12-18-14-7-3-2-6-13(14)10-11-21-18/h2-9,17-18,20H,10-12H2,1H3. The first-order chi connectivity index (χ1) is 10.3. The van der Waals surface area contributed by atoms with Gasteiger partial charge in [-0.2, -0.15) is 0 Å². The average molecular weight is 285 g/mol. The zero-order valence-corrected chi connectivity index (χ0v) is 12.2. The van der Waals surface area contributed by atoms with Gasteiger partial charge >= 0.3 is 0 Å². The first kappa shape index (κ1) is 14.2. The summed E-state index contributed by atoms with van der Waals surface area (Å²) in [4.78, 5) is 0.